The standard InChI is InChI=1S/C22H15ClFN5O3/c1-31-15-4-2-3-13(9-15)18-11-19-22(30)28(7-8-29(19)26-18)12-20-25-21(27-32-20)14-5-6-16(23)17(24)10-14/h2-11H,12H2,1H3. The molecule has 0 saturated heterocycles. The maximum Gasteiger partial charge on any atom is 0.277 e. The van der Waals surface area contributed by atoms with Crippen molar-refractivity contribution < 1.29 is 13.7 Å². The van der Waals surface area contributed by atoms with Gasteiger partial charge in [-0.15, -0.1) is 0 Å². The van der Waals surface area contributed by atoms with Crippen LogP contribution in [0.5, 0.6) is 5.75 Å². The van der Waals surface area contributed by atoms with E-state index in [1.807, 2.05) is 24.3 Å². The van der Waals surface area contributed by atoms with Crippen LogP contribution in [-0.4, -0.2) is 31.4 Å². The summed E-state index contributed by atoms with van der Waals surface area (Å²) in [7, 11) is 1.59. The van der Waals surface area contributed by atoms with Crippen molar-refractivity contribution in [3.05, 3.63) is 88.0 Å². The summed E-state index contributed by atoms with van der Waals surface area (Å²) in [5.74, 6) is 0.526. The van der Waals surface area contributed by atoms with E-state index in [9.17, 15) is 9.18 Å². The van der Waals surface area contributed by atoms with Gasteiger partial charge in [0.25, 0.3) is 5.56 Å². The number of rotatable bonds is 5. The molecule has 8 nitrogen and oxygen atoms in total. The van der Waals surface area contributed by atoms with Gasteiger partial charge in [-0.05, 0) is 36.4 Å². The fourth-order valence-corrected chi connectivity index (χ4v) is 3.41. The molecule has 0 N–H and O–H groups in total. The second kappa shape index (κ2) is 7.93. The van der Waals surface area contributed by atoms with Gasteiger partial charge in [-0.2, -0.15) is 10.1 Å². The first-order chi connectivity index (χ1) is 15.5. The number of nitrogens with zero attached hydrogens (tertiary/aromatic N) is 5. The van der Waals surface area contributed by atoms with E-state index in [0.29, 0.717) is 22.5 Å². The van der Waals surface area contributed by atoms with Crippen LogP contribution in [0.15, 0.2) is 70.2 Å². The summed E-state index contributed by atoms with van der Waals surface area (Å²) in [5.41, 5.74) is 2.01. The Morgan fingerprint density at radius 3 is 2.81 bits per heavy atom. The molecule has 0 bridgehead atoms. The fraction of sp³-hybridized carbons (Fsp3) is 0.0909. The molecular weight excluding hydrogens is 437 g/mol. The third-order valence-electron chi connectivity index (χ3n) is 4.92. The number of methoxy groups -OCH3 is 1. The highest BCUT2D eigenvalue weighted by Gasteiger charge is 2.14. The summed E-state index contributed by atoms with van der Waals surface area (Å²) in [4.78, 5) is 17.2. The average Bonchev–Trinajstić information content (AvgIpc) is 3.45. The SMILES string of the molecule is COc1cccc(-c2cc3c(=O)n(Cc4nc(-c5ccc(Cl)c(F)c5)no4)ccn3n2)c1. The summed E-state index contributed by atoms with van der Waals surface area (Å²) in [6, 6.07) is 13.4. The number of hydrogen-bond donors (Lipinski definition) is 0. The van der Waals surface area contributed by atoms with Gasteiger partial charge in [-0.3, -0.25) is 4.79 Å². The highest BCUT2D eigenvalue weighted by molar-refractivity contribution is 6.30. The van der Waals surface area contributed by atoms with Crippen molar-refractivity contribution in [2.75, 3.05) is 7.11 Å². The van der Waals surface area contributed by atoms with E-state index in [1.165, 1.54) is 21.2 Å². The van der Waals surface area contributed by atoms with Crippen LogP contribution in [-0.2, 0) is 6.54 Å². The first-order valence-corrected chi connectivity index (χ1v) is 9.91. The maximum atomic E-state index is 13.7. The summed E-state index contributed by atoms with van der Waals surface area (Å²) in [5, 5.41) is 8.35. The molecule has 5 rings (SSSR count). The quantitative estimate of drug-likeness (QED) is 0.400. The Morgan fingerprint density at radius 2 is 2.00 bits per heavy atom. The van der Waals surface area contributed by atoms with Gasteiger partial charge in [-0.25, -0.2) is 8.91 Å². The van der Waals surface area contributed by atoms with E-state index in [2.05, 4.69) is 15.2 Å². The molecule has 0 spiro atoms. The van der Waals surface area contributed by atoms with Gasteiger partial charge in [0.1, 0.15) is 23.6 Å². The lowest BCUT2D eigenvalue weighted by molar-refractivity contribution is 0.370. The van der Waals surface area contributed by atoms with E-state index in [-0.39, 0.29) is 28.8 Å². The molecule has 0 saturated carbocycles. The molecule has 0 aliphatic rings. The zero-order valence-corrected chi connectivity index (χ0v) is 17.5. The van der Waals surface area contributed by atoms with Crippen molar-refractivity contribution in [3.63, 3.8) is 0 Å². The lowest BCUT2D eigenvalue weighted by Gasteiger charge is -2.02. The minimum Gasteiger partial charge on any atom is -0.497 e. The zero-order valence-electron chi connectivity index (χ0n) is 16.7. The minimum absolute atomic E-state index is 0.00597. The van der Waals surface area contributed by atoms with Gasteiger partial charge in [0, 0.05) is 23.5 Å². The number of fused-ring (bicyclic) bond motifs is 1. The van der Waals surface area contributed by atoms with Crippen LogP contribution in [0.1, 0.15) is 5.89 Å². The number of hydrogen-bond acceptors (Lipinski definition) is 6. The molecule has 0 aliphatic carbocycles. The first kappa shape index (κ1) is 20.0. The van der Waals surface area contributed by atoms with Gasteiger partial charge < -0.3 is 13.8 Å². The highest BCUT2D eigenvalue weighted by Crippen LogP contribution is 2.24. The molecular formula is C22H15ClFN5O3. The smallest absolute Gasteiger partial charge is 0.277 e. The monoisotopic (exact) mass is 451 g/mol. The molecule has 0 fully saturated rings. The van der Waals surface area contributed by atoms with Crippen molar-refractivity contribution in [2.24, 2.45) is 0 Å². The van der Waals surface area contributed by atoms with Crippen LogP contribution < -0.4 is 10.3 Å². The molecule has 3 aromatic heterocycles. The fourth-order valence-electron chi connectivity index (χ4n) is 3.29. The Bertz CT molecular complexity index is 1510. The lowest BCUT2D eigenvalue weighted by atomic mass is 10.1. The van der Waals surface area contributed by atoms with Crippen LogP contribution in [0.3, 0.4) is 0 Å². The van der Waals surface area contributed by atoms with E-state index < -0.39 is 5.82 Å². The van der Waals surface area contributed by atoms with Crippen molar-refractivity contribution in [1.29, 1.82) is 0 Å². The van der Waals surface area contributed by atoms with Crippen molar-refractivity contribution in [2.45, 2.75) is 6.54 Å². The third-order valence-corrected chi connectivity index (χ3v) is 5.23. The minimum atomic E-state index is -0.579. The molecule has 5 aromatic rings. The predicted molar refractivity (Wildman–Crippen MR) is 115 cm³/mol. The Balaban J connectivity index is 1.45. The van der Waals surface area contributed by atoms with Crippen LogP contribution in [0.2, 0.25) is 5.02 Å². The zero-order chi connectivity index (χ0) is 22.2. The summed E-state index contributed by atoms with van der Waals surface area (Å²) in [6.07, 6.45) is 3.26. The predicted octanol–water partition coefficient (Wildman–Crippen LogP) is 4.06. The Hall–Kier alpha value is -3.98. The van der Waals surface area contributed by atoms with Crippen LogP contribution >= 0.6 is 11.6 Å². The molecule has 0 atom stereocenters. The van der Waals surface area contributed by atoms with Gasteiger partial charge in [0.15, 0.2) is 0 Å². The number of benzene rings is 2. The number of halogens is 2. The Kier molecular flexibility index (Phi) is 4.95. The largest absolute Gasteiger partial charge is 0.497 e. The van der Waals surface area contributed by atoms with E-state index >= 15 is 0 Å². The molecule has 3 heterocycles. The Labute approximate surface area is 185 Å². The van der Waals surface area contributed by atoms with Gasteiger partial charge in [-0.1, -0.05) is 28.9 Å². The molecule has 10 heteroatoms. The topological polar surface area (TPSA) is 87.5 Å². The van der Waals surface area contributed by atoms with Gasteiger partial charge >= 0.3 is 0 Å². The summed E-state index contributed by atoms with van der Waals surface area (Å²) in [6.45, 7) is 0.0536. The molecule has 0 aliphatic heterocycles. The van der Waals surface area contributed by atoms with Crippen molar-refractivity contribution >= 4 is 17.1 Å². The van der Waals surface area contributed by atoms with Crippen LogP contribution in [0.4, 0.5) is 4.39 Å². The first-order valence-electron chi connectivity index (χ1n) is 9.53. The van der Waals surface area contributed by atoms with Gasteiger partial charge in [0.2, 0.25) is 11.7 Å². The summed E-state index contributed by atoms with van der Waals surface area (Å²) < 4.78 is 27.2. The molecule has 2 aromatic carbocycles. The molecule has 0 unspecified atom stereocenters. The lowest BCUT2D eigenvalue weighted by Crippen LogP contribution is -2.21. The number of ether oxygens (including phenoxy) is 1. The van der Waals surface area contributed by atoms with Crippen LogP contribution in [0, 0.1) is 5.82 Å². The van der Waals surface area contributed by atoms with E-state index in [0.717, 1.165) is 5.56 Å². The highest BCUT2D eigenvalue weighted by atomic mass is 35.5. The second-order valence-electron chi connectivity index (χ2n) is 6.96. The van der Waals surface area contributed by atoms with Crippen molar-refractivity contribution in [1.82, 2.24) is 24.3 Å². The number of aromatic nitrogens is 5. The molecule has 160 valence electrons. The normalized spacial score (nSPS) is 11.2. The Morgan fingerprint density at radius 1 is 1.12 bits per heavy atom. The molecule has 0 amide bonds. The van der Waals surface area contributed by atoms with Gasteiger partial charge in [0.05, 0.1) is 17.8 Å². The van der Waals surface area contributed by atoms with Crippen LogP contribution in [0.25, 0.3) is 28.2 Å². The van der Waals surface area contributed by atoms with Crippen molar-refractivity contribution in [3.8, 4) is 28.4 Å². The summed E-state index contributed by atoms with van der Waals surface area (Å²) >= 11 is 5.71. The molecule has 0 radical (unpaired) electrons. The van der Waals surface area contributed by atoms with E-state index in [4.69, 9.17) is 20.9 Å². The average molecular weight is 452 g/mol. The third kappa shape index (κ3) is 3.63. The van der Waals surface area contributed by atoms with E-state index in [1.54, 1.807) is 31.6 Å². The second-order valence-corrected chi connectivity index (χ2v) is 7.37. The maximum absolute atomic E-state index is 13.7. The molecule has 32 heavy (non-hydrogen) atoms.